The lowest BCUT2D eigenvalue weighted by atomic mass is 9.89. The minimum atomic E-state index is -0.118. The average molecular weight is 348 g/mol. The van der Waals surface area contributed by atoms with Gasteiger partial charge in [-0.1, -0.05) is 24.3 Å². The SMILES string of the molecule is O=C(N[C@H](c1ccc2c(c1)CCCC2)c1cccs1)c1ccncc1. The number of nitrogens with one attached hydrogen (secondary N) is 1. The number of carbonyl (C=O) groups excluding carboxylic acids is 1. The van der Waals surface area contributed by atoms with Crippen LogP contribution in [0.1, 0.15) is 50.8 Å². The molecule has 0 radical (unpaired) electrons. The van der Waals surface area contributed by atoms with Crippen LogP contribution in [-0.4, -0.2) is 10.9 Å². The van der Waals surface area contributed by atoms with Gasteiger partial charge >= 0.3 is 0 Å². The third-order valence-electron chi connectivity index (χ3n) is 4.75. The summed E-state index contributed by atoms with van der Waals surface area (Å²) < 4.78 is 0. The van der Waals surface area contributed by atoms with Crippen LogP contribution >= 0.6 is 11.3 Å². The van der Waals surface area contributed by atoms with E-state index in [0.717, 1.165) is 16.9 Å². The molecule has 0 spiro atoms. The van der Waals surface area contributed by atoms with E-state index >= 15 is 0 Å². The number of rotatable bonds is 4. The number of nitrogens with zero attached hydrogens (tertiary/aromatic N) is 1. The van der Waals surface area contributed by atoms with Gasteiger partial charge in [0, 0.05) is 22.8 Å². The molecule has 0 bridgehead atoms. The number of hydrogen-bond donors (Lipinski definition) is 1. The van der Waals surface area contributed by atoms with Gasteiger partial charge in [0.1, 0.15) is 0 Å². The van der Waals surface area contributed by atoms with Crippen molar-refractivity contribution in [2.45, 2.75) is 31.7 Å². The fourth-order valence-corrected chi connectivity index (χ4v) is 4.23. The summed E-state index contributed by atoms with van der Waals surface area (Å²) in [6, 6.07) is 14.2. The summed E-state index contributed by atoms with van der Waals surface area (Å²) in [5.41, 5.74) is 4.68. The van der Waals surface area contributed by atoms with E-state index in [2.05, 4.69) is 39.9 Å². The van der Waals surface area contributed by atoms with Gasteiger partial charge in [-0.15, -0.1) is 11.3 Å². The van der Waals surface area contributed by atoms with Crippen LogP contribution in [0.25, 0.3) is 0 Å². The van der Waals surface area contributed by atoms with Crippen LogP contribution in [0.15, 0.2) is 60.2 Å². The maximum atomic E-state index is 12.7. The Hall–Kier alpha value is -2.46. The Morgan fingerprint density at radius 3 is 2.60 bits per heavy atom. The molecule has 3 nitrogen and oxygen atoms in total. The zero-order chi connectivity index (χ0) is 17.1. The van der Waals surface area contributed by atoms with Crippen molar-refractivity contribution < 1.29 is 4.79 Å². The Balaban J connectivity index is 1.66. The van der Waals surface area contributed by atoms with Crippen molar-refractivity contribution in [2.75, 3.05) is 0 Å². The van der Waals surface area contributed by atoms with E-state index in [4.69, 9.17) is 0 Å². The molecule has 25 heavy (non-hydrogen) atoms. The summed E-state index contributed by atoms with van der Waals surface area (Å²) in [5.74, 6) is -0.0708. The highest BCUT2D eigenvalue weighted by atomic mass is 32.1. The minimum Gasteiger partial charge on any atom is -0.340 e. The van der Waals surface area contributed by atoms with Crippen LogP contribution in [0.4, 0.5) is 0 Å². The molecule has 1 aliphatic carbocycles. The van der Waals surface area contributed by atoms with Crippen molar-refractivity contribution >= 4 is 17.2 Å². The molecule has 3 aromatic rings. The Kier molecular flexibility index (Phi) is 4.61. The smallest absolute Gasteiger partial charge is 0.252 e. The largest absolute Gasteiger partial charge is 0.340 e. The van der Waals surface area contributed by atoms with Crippen LogP contribution in [0.3, 0.4) is 0 Å². The van der Waals surface area contributed by atoms with Gasteiger partial charge in [-0.2, -0.15) is 0 Å². The number of amides is 1. The molecule has 0 saturated heterocycles. The topological polar surface area (TPSA) is 42.0 Å². The zero-order valence-corrected chi connectivity index (χ0v) is 14.8. The van der Waals surface area contributed by atoms with Gasteiger partial charge in [0.25, 0.3) is 5.91 Å². The molecular formula is C21H20N2OS. The predicted octanol–water partition coefficient (Wildman–Crippen LogP) is 4.54. The van der Waals surface area contributed by atoms with Crippen molar-refractivity contribution in [3.63, 3.8) is 0 Å². The molecule has 2 aromatic heterocycles. The van der Waals surface area contributed by atoms with E-state index in [-0.39, 0.29) is 11.9 Å². The molecule has 1 amide bonds. The monoisotopic (exact) mass is 348 g/mol. The summed E-state index contributed by atoms with van der Waals surface area (Å²) >= 11 is 1.67. The second-order valence-corrected chi connectivity index (χ2v) is 7.37. The van der Waals surface area contributed by atoms with Crippen molar-refractivity contribution in [3.05, 3.63) is 87.4 Å². The Morgan fingerprint density at radius 1 is 1.04 bits per heavy atom. The van der Waals surface area contributed by atoms with Gasteiger partial charge in [0.05, 0.1) is 6.04 Å². The van der Waals surface area contributed by atoms with Gasteiger partial charge in [-0.25, -0.2) is 0 Å². The van der Waals surface area contributed by atoms with Crippen LogP contribution < -0.4 is 5.32 Å². The van der Waals surface area contributed by atoms with Crippen LogP contribution in [0, 0.1) is 0 Å². The predicted molar refractivity (Wildman–Crippen MR) is 101 cm³/mol. The maximum absolute atomic E-state index is 12.7. The molecule has 1 atom stereocenters. The fourth-order valence-electron chi connectivity index (χ4n) is 3.42. The van der Waals surface area contributed by atoms with Crippen LogP contribution in [0.5, 0.6) is 0 Å². The Morgan fingerprint density at radius 2 is 1.84 bits per heavy atom. The molecule has 1 N–H and O–H groups in total. The first-order valence-corrected chi connectivity index (χ1v) is 9.55. The van der Waals surface area contributed by atoms with E-state index in [1.807, 2.05) is 6.07 Å². The highest BCUT2D eigenvalue weighted by Crippen LogP contribution is 2.30. The quantitative estimate of drug-likeness (QED) is 0.752. The lowest BCUT2D eigenvalue weighted by Gasteiger charge is -2.22. The first-order valence-electron chi connectivity index (χ1n) is 8.67. The lowest BCUT2D eigenvalue weighted by molar-refractivity contribution is 0.0943. The third-order valence-corrected chi connectivity index (χ3v) is 5.69. The molecular weight excluding hydrogens is 328 g/mol. The van der Waals surface area contributed by atoms with Crippen LogP contribution in [0.2, 0.25) is 0 Å². The van der Waals surface area contributed by atoms with Gasteiger partial charge in [-0.3, -0.25) is 9.78 Å². The average Bonchev–Trinajstić information content (AvgIpc) is 3.20. The van der Waals surface area contributed by atoms with E-state index in [1.165, 1.54) is 30.4 Å². The molecule has 4 rings (SSSR count). The van der Waals surface area contributed by atoms with Crippen molar-refractivity contribution in [1.29, 1.82) is 0 Å². The van der Waals surface area contributed by atoms with Crippen molar-refractivity contribution in [1.82, 2.24) is 10.3 Å². The molecule has 126 valence electrons. The van der Waals surface area contributed by atoms with E-state index in [1.54, 1.807) is 35.9 Å². The van der Waals surface area contributed by atoms with Gasteiger partial charge < -0.3 is 5.32 Å². The maximum Gasteiger partial charge on any atom is 0.252 e. The number of pyridine rings is 1. The molecule has 2 heterocycles. The zero-order valence-electron chi connectivity index (χ0n) is 13.9. The minimum absolute atomic E-state index is 0.0708. The van der Waals surface area contributed by atoms with E-state index in [9.17, 15) is 4.79 Å². The number of aromatic nitrogens is 1. The summed E-state index contributed by atoms with van der Waals surface area (Å²) in [5, 5.41) is 5.26. The van der Waals surface area contributed by atoms with E-state index in [0.29, 0.717) is 5.56 Å². The fraction of sp³-hybridized carbons (Fsp3) is 0.238. The second kappa shape index (κ2) is 7.19. The summed E-state index contributed by atoms with van der Waals surface area (Å²) in [7, 11) is 0. The Bertz CT molecular complexity index is 859. The highest BCUT2D eigenvalue weighted by molar-refractivity contribution is 7.10. The third kappa shape index (κ3) is 3.49. The first-order chi connectivity index (χ1) is 12.3. The van der Waals surface area contributed by atoms with E-state index < -0.39 is 0 Å². The van der Waals surface area contributed by atoms with Crippen molar-refractivity contribution in [3.8, 4) is 0 Å². The standard InChI is InChI=1S/C21H20N2OS/c24-21(16-9-11-22-12-10-16)23-20(19-6-3-13-25-19)18-8-7-15-4-1-2-5-17(15)14-18/h3,6-14,20H,1-2,4-5H2,(H,23,24)/t20-/m1/s1. The number of thiophene rings is 1. The van der Waals surface area contributed by atoms with Gasteiger partial charge in [0.15, 0.2) is 0 Å². The number of aryl methyl sites for hydroxylation is 2. The first kappa shape index (κ1) is 16.0. The Labute approximate surface area is 151 Å². The number of benzene rings is 1. The molecule has 0 fully saturated rings. The second-order valence-electron chi connectivity index (χ2n) is 6.39. The molecule has 1 aliphatic rings. The van der Waals surface area contributed by atoms with Gasteiger partial charge in [-0.05, 0) is 66.0 Å². The summed E-state index contributed by atoms with van der Waals surface area (Å²) in [6.07, 6.45) is 8.13. The summed E-state index contributed by atoms with van der Waals surface area (Å²) in [6.45, 7) is 0. The summed E-state index contributed by atoms with van der Waals surface area (Å²) in [4.78, 5) is 17.8. The molecule has 1 aromatic carbocycles. The highest BCUT2D eigenvalue weighted by Gasteiger charge is 2.20. The van der Waals surface area contributed by atoms with Gasteiger partial charge in [0.2, 0.25) is 0 Å². The number of fused-ring (bicyclic) bond motifs is 1. The normalized spacial score (nSPS) is 14.6. The lowest BCUT2D eigenvalue weighted by Crippen LogP contribution is -2.29. The number of carbonyl (C=O) groups is 1. The van der Waals surface area contributed by atoms with Crippen LogP contribution in [-0.2, 0) is 12.8 Å². The molecule has 0 aliphatic heterocycles. The molecule has 0 unspecified atom stereocenters. The molecule has 0 saturated carbocycles. The van der Waals surface area contributed by atoms with Crippen molar-refractivity contribution in [2.24, 2.45) is 0 Å². The molecule has 4 heteroatoms. The number of hydrogen-bond acceptors (Lipinski definition) is 3.